The number of amides is 1. The van der Waals surface area contributed by atoms with Gasteiger partial charge in [-0.15, -0.1) is 0 Å². The first-order valence-electron chi connectivity index (χ1n) is 7.56. The molecule has 2 rings (SSSR count). The van der Waals surface area contributed by atoms with Crippen molar-refractivity contribution in [3.8, 4) is 5.75 Å². The number of nitrogens with two attached hydrogens (primary N) is 1. The molecule has 3 N–H and O–H groups in total. The zero-order valence-corrected chi connectivity index (χ0v) is 12.8. The molecule has 5 nitrogen and oxygen atoms in total. The Labute approximate surface area is 126 Å². The lowest BCUT2D eigenvalue weighted by Gasteiger charge is -2.18. The molecular formula is C16H25N3O2. The SMILES string of the molecule is CC(C)C1CCN(CCOc2cccc(C(=O)NN)c2)C1. The van der Waals surface area contributed by atoms with E-state index in [2.05, 4.69) is 24.2 Å². The van der Waals surface area contributed by atoms with E-state index in [1.807, 2.05) is 6.07 Å². The van der Waals surface area contributed by atoms with Crippen LogP contribution in [0.2, 0.25) is 0 Å². The zero-order chi connectivity index (χ0) is 15.2. The standard InChI is InChI=1S/C16H25N3O2/c1-12(2)14-6-7-19(11-14)8-9-21-15-5-3-4-13(10-15)16(20)18-17/h3-5,10,12,14H,6-9,11,17H2,1-2H3,(H,18,20). The molecule has 1 heterocycles. The second kappa shape index (κ2) is 7.43. The molecule has 1 unspecified atom stereocenters. The topological polar surface area (TPSA) is 67.6 Å². The van der Waals surface area contributed by atoms with Crippen LogP contribution in [0, 0.1) is 11.8 Å². The van der Waals surface area contributed by atoms with Gasteiger partial charge in [0.25, 0.3) is 5.91 Å². The van der Waals surface area contributed by atoms with Crippen LogP contribution in [-0.4, -0.2) is 37.0 Å². The maximum atomic E-state index is 11.4. The summed E-state index contributed by atoms with van der Waals surface area (Å²) in [6.45, 7) is 8.46. The van der Waals surface area contributed by atoms with Crippen LogP contribution in [-0.2, 0) is 0 Å². The number of nitrogens with one attached hydrogen (secondary N) is 1. The highest BCUT2D eigenvalue weighted by Gasteiger charge is 2.24. The van der Waals surface area contributed by atoms with Gasteiger partial charge < -0.3 is 4.74 Å². The highest BCUT2D eigenvalue weighted by Crippen LogP contribution is 2.23. The van der Waals surface area contributed by atoms with Crippen molar-refractivity contribution in [3.63, 3.8) is 0 Å². The molecule has 1 fully saturated rings. The Morgan fingerprint density at radius 1 is 1.52 bits per heavy atom. The van der Waals surface area contributed by atoms with Crippen molar-refractivity contribution in [1.29, 1.82) is 0 Å². The first kappa shape index (κ1) is 15.8. The lowest BCUT2D eigenvalue weighted by atomic mass is 9.95. The normalized spacial score (nSPS) is 19.0. The lowest BCUT2D eigenvalue weighted by Crippen LogP contribution is -2.30. The van der Waals surface area contributed by atoms with E-state index in [4.69, 9.17) is 10.6 Å². The minimum absolute atomic E-state index is 0.306. The number of hydrazine groups is 1. The summed E-state index contributed by atoms with van der Waals surface area (Å²) >= 11 is 0. The van der Waals surface area contributed by atoms with E-state index in [1.54, 1.807) is 18.2 Å². The molecule has 0 aromatic heterocycles. The highest BCUT2D eigenvalue weighted by molar-refractivity contribution is 5.94. The Kier molecular flexibility index (Phi) is 5.59. The Morgan fingerprint density at radius 2 is 2.33 bits per heavy atom. The molecule has 1 aliphatic heterocycles. The third-order valence-corrected chi connectivity index (χ3v) is 4.16. The van der Waals surface area contributed by atoms with E-state index in [0.29, 0.717) is 17.9 Å². The molecule has 0 saturated carbocycles. The predicted octanol–water partition coefficient (Wildman–Crippen LogP) is 1.65. The van der Waals surface area contributed by atoms with Crippen LogP contribution in [0.25, 0.3) is 0 Å². The first-order valence-corrected chi connectivity index (χ1v) is 7.56. The molecule has 0 aliphatic carbocycles. The smallest absolute Gasteiger partial charge is 0.265 e. The second-order valence-electron chi connectivity index (χ2n) is 5.94. The monoisotopic (exact) mass is 291 g/mol. The number of hydrogen-bond acceptors (Lipinski definition) is 4. The number of carbonyl (C=O) groups is 1. The predicted molar refractivity (Wildman–Crippen MR) is 83.0 cm³/mol. The maximum Gasteiger partial charge on any atom is 0.265 e. The van der Waals surface area contributed by atoms with Crippen molar-refractivity contribution >= 4 is 5.91 Å². The number of hydrogen-bond donors (Lipinski definition) is 2. The van der Waals surface area contributed by atoms with Gasteiger partial charge in [0.1, 0.15) is 12.4 Å². The van der Waals surface area contributed by atoms with E-state index in [1.165, 1.54) is 6.42 Å². The number of nitrogens with zero attached hydrogens (tertiary/aromatic N) is 1. The molecule has 1 aliphatic rings. The minimum atomic E-state index is -0.306. The Balaban J connectivity index is 1.78. The number of likely N-dealkylation sites (tertiary alicyclic amines) is 1. The van der Waals surface area contributed by atoms with Gasteiger partial charge in [-0.25, -0.2) is 5.84 Å². The summed E-state index contributed by atoms with van der Waals surface area (Å²) in [5.74, 6) is 7.09. The largest absolute Gasteiger partial charge is 0.492 e. The quantitative estimate of drug-likeness (QED) is 0.475. The molecule has 1 saturated heterocycles. The van der Waals surface area contributed by atoms with Crippen LogP contribution in [0.1, 0.15) is 30.6 Å². The minimum Gasteiger partial charge on any atom is -0.492 e. The molecular weight excluding hydrogens is 266 g/mol. The lowest BCUT2D eigenvalue weighted by molar-refractivity contribution is 0.0953. The molecule has 1 aromatic carbocycles. The van der Waals surface area contributed by atoms with E-state index >= 15 is 0 Å². The van der Waals surface area contributed by atoms with E-state index in [0.717, 1.165) is 31.5 Å². The number of benzene rings is 1. The van der Waals surface area contributed by atoms with Crippen LogP contribution < -0.4 is 16.0 Å². The maximum absolute atomic E-state index is 11.4. The summed E-state index contributed by atoms with van der Waals surface area (Å²) in [6.07, 6.45) is 1.28. The summed E-state index contributed by atoms with van der Waals surface area (Å²) in [5, 5.41) is 0. The van der Waals surface area contributed by atoms with Crippen LogP contribution in [0.15, 0.2) is 24.3 Å². The summed E-state index contributed by atoms with van der Waals surface area (Å²) in [6, 6.07) is 7.07. The van der Waals surface area contributed by atoms with Crippen LogP contribution in [0.5, 0.6) is 5.75 Å². The molecule has 116 valence electrons. The molecule has 0 spiro atoms. The van der Waals surface area contributed by atoms with Gasteiger partial charge in [-0.1, -0.05) is 19.9 Å². The van der Waals surface area contributed by atoms with Crippen molar-refractivity contribution < 1.29 is 9.53 Å². The van der Waals surface area contributed by atoms with Gasteiger partial charge in [-0.05, 0) is 43.0 Å². The number of rotatable bonds is 6. The van der Waals surface area contributed by atoms with Crippen LogP contribution in [0.3, 0.4) is 0 Å². The molecule has 0 bridgehead atoms. The molecule has 1 amide bonds. The number of carbonyl (C=O) groups excluding carboxylic acids is 1. The summed E-state index contributed by atoms with van der Waals surface area (Å²) in [7, 11) is 0. The third kappa shape index (κ3) is 4.44. The van der Waals surface area contributed by atoms with Gasteiger partial charge in [-0.3, -0.25) is 15.1 Å². The van der Waals surface area contributed by atoms with Crippen molar-refractivity contribution in [2.75, 3.05) is 26.2 Å². The molecule has 21 heavy (non-hydrogen) atoms. The Bertz CT molecular complexity index is 476. The van der Waals surface area contributed by atoms with Crippen molar-refractivity contribution in [1.82, 2.24) is 10.3 Å². The van der Waals surface area contributed by atoms with Gasteiger partial charge in [0, 0.05) is 18.7 Å². The van der Waals surface area contributed by atoms with Crippen molar-refractivity contribution in [3.05, 3.63) is 29.8 Å². The van der Waals surface area contributed by atoms with E-state index in [9.17, 15) is 4.79 Å². The Hall–Kier alpha value is -1.59. The number of ether oxygens (including phenoxy) is 1. The first-order chi connectivity index (χ1) is 10.1. The van der Waals surface area contributed by atoms with Gasteiger partial charge in [0.05, 0.1) is 0 Å². The van der Waals surface area contributed by atoms with Crippen molar-refractivity contribution in [2.24, 2.45) is 17.7 Å². The van der Waals surface area contributed by atoms with Crippen LogP contribution >= 0.6 is 0 Å². The highest BCUT2D eigenvalue weighted by atomic mass is 16.5. The molecule has 0 radical (unpaired) electrons. The fourth-order valence-electron chi connectivity index (χ4n) is 2.71. The van der Waals surface area contributed by atoms with Gasteiger partial charge >= 0.3 is 0 Å². The average molecular weight is 291 g/mol. The van der Waals surface area contributed by atoms with E-state index < -0.39 is 0 Å². The van der Waals surface area contributed by atoms with Gasteiger partial charge in [0.2, 0.25) is 0 Å². The van der Waals surface area contributed by atoms with Gasteiger partial charge in [-0.2, -0.15) is 0 Å². The van der Waals surface area contributed by atoms with Crippen LogP contribution in [0.4, 0.5) is 0 Å². The summed E-state index contributed by atoms with van der Waals surface area (Å²) in [5.41, 5.74) is 2.63. The van der Waals surface area contributed by atoms with Crippen molar-refractivity contribution in [2.45, 2.75) is 20.3 Å². The second-order valence-corrected chi connectivity index (χ2v) is 5.94. The third-order valence-electron chi connectivity index (χ3n) is 4.16. The van der Waals surface area contributed by atoms with E-state index in [-0.39, 0.29) is 5.91 Å². The van der Waals surface area contributed by atoms with Gasteiger partial charge in [0.15, 0.2) is 0 Å². The molecule has 5 heteroatoms. The number of nitrogen functional groups attached to an aromatic ring is 1. The Morgan fingerprint density at radius 3 is 3.00 bits per heavy atom. The fraction of sp³-hybridized carbons (Fsp3) is 0.562. The zero-order valence-electron chi connectivity index (χ0n) is 12.8. The molecule has 1 aromatic rings. The summed E-state index contributed by atoms with van der Waals surface area (Å²) in [4.78, 5) is 13.9. The fourth-order valence-corrected chi connectivity index (χ4v) is 2.71. The molecule has 1 atom stereocenters. The summed E-state index contributed by atoms with van der Waals surface area (Å²) < 4.78 is 5.74. The average Bonchev–Trinajstić information content (AvgIpc) is 2.96.